The zero-order valence-electron chi connectivity index (χ0n) is 41.3. The lowest BCUT2D eigenvalue weighted by Gasteiger charge is -2.18. The SMILES string of the molecule is CCCCC/C=C/C/C=C/C/C=C/C/C=C/CCCC(=O)OC[C@@H](COC(=O)CCCCCCCCCCCCCCC)OC(=O)CCCCCCC/C=C/C/C=C/CCCCC. The lowest BCUT2D eigenvalue weighted by atomic mass is 10.0. The van der Waals surface area contributed by atoms with E-state index in [0.29, 0.717) is 19.3 Å². The van der Waals surface area contributed by atoms with Crippen molar-refractivity contribution in [3.63, 3.8) is 0 Å². The highest BCUT2D eigenvalue weighted by molar-refractivity contribution is 5.71. The van der Waals surface area contributed by atoms with Crippen molar-refractivity contribution in [1.29, 1.82) is 0 Å². The van der Waals surface area contributed by atoms with Crippen LogP contribution in [0.1, 0.15) is 252 Å². The average Bonchev–Trinajstić information content (AvgIpc) is 3.28. The van der Waals surface area contributed by atoms with Gasteiger partial charge in [0.2, 0.25) is 0 Å². The summed E-state index contributed by atoms with van der Waals surface area (Å²) in [7, 11) is 0. The van der Waals surface area contributed by atoms with E-state index in [0.717, 1.165) is 89.9 Å². The van der Waals surface area contributed by atoms with Crippen molar-refractivity contribution >= 4 is 17.9 Å². The number of carbonyl (C=O) groups excluding carboxylic acids is 3. The first kappa shape index (κ1) is 59.9. The number of ether oxygens (including phenoxy) is 3. The minimum atomic E-state index is -0.802. The summed E-state index contributed by atoms with van der Waals surface area (Å²) in [6.07, 6.45) is 64.5. The van der Waals surface area contributed by atoms with E-state index in [1.165, 1.54) is 116 Å². The Morgan fingerprint density at radius 1 is 0.317 bits per heavy atom. The largest absolute Gasteiger partial charge is 0.462 e. The Morgan fingerprint density at radius 2 is 0.587 bits per heavy atom. The second-order valence-corrected chi connectivity index (χ2v) is 17.4. The number of carbonyl (C=O) groups is 3. The zero-order valence-corrected chi connectivity index (χ0v) is 41.3. The van der Waals surface area contributed by atoms with E-state index in [9.17, 15) is 14.4 Å². The van der Waals surface area contributed by atoms with Gasteiger partial charge in [-0.3, -0.25) is 14.4 Å². The number of unbranched alkanes of at least 4 members (excludes halogenated alkanes) is 24. The van der Waals surface area contributed by atoms with Crippen LogP contribution in [0.4, 0.5) is 0 Å². The Bertz CT molecular complexity index is 1190. The molecule has 0 fully saturated rings. The van der Waals surface area contributed by atoms with Gasteiger partial charge in [-0.15, -0.1) is 0 Å². The average molecular weight is 879 g/mol. The molecule has 0 aromatic heterocycles. The molecule has 0 aliphatic carbocycles. The van der Waals surface area contributed by atoms with Crippen LogP contribution in [0.25, 0.3) is 0 Å². The smallest absolute Gasteiger partial charge is 0.306 e. The van der Waals surface area contributed by atoms with Crippen LogP contribution in [-0.4, -0.2) is 37.2 Å². The lowest BCUT2D eigenvalue weighted by molar-refractivity contribution is -0.167. The molecule has 0 bridgehead atoms. The quantitative estimate of drug-likeness (QED) is 0.0262. The summed E-state index contributed by atoms with van der Waals surface area (Å²) in [5.74, 6) is -0.966. The molecule has 0 heterocycles. The van der Waals surface area contributed by atoms with Crippen molar-refractivity contribution in [2.24, 2.45) is 0 Å². The molecule has 1 atom stereocenters. The standard InChI is InChI=1S/C57H98O6/c1-4-7-10-13-16-19-22-25-27-28-30-32-35-38-41-44-47-50-56(59)62-53-54(52-61-55(58)49-46-43-40-37-34-31-24-21-18-15-12-9-6-3)63-57(60)51-48-45-42-39-36-33-29-26-23-20-17-14-11-8-5-2/h16-17,19-20,25-27,29-30,32,38,41,54H,4-15,18,21-24,28,31,33-37,39-40,42-53H2,1-3H3/b19-16+,20-17+,27-25+,29-26+,32-30+,41-38+/t54-/m1/s1. The van der Waals surface area contributed by atoms with Crippen molar-refractivity contribution in [3.8, 4) is 0 Å². The molecule has 0 amide bonds. The van der Waals surface area contributed by atoms with Gasteiger partial charge < -0.3 is 14.2 Å². The van der Waals surface area contributed by atoms with E-state index in [1.54, 1.807) is 0 Å². The van der Waals surface area contributed by atoms with Crippen LogP contribution < -0.4 is 0 Å². The Morgan fingerprint density at radius 3 is 0.984 bits per heavy atom. The van der Waals surface area contributed by atoms with Gasteiger partial charge in [0.1, 0.15) is 13.2 Å². The molecular weight excluding hydrogens is 781 g/mol. The fourth-order valence-corrected chi connectivity index (χ4v) is 7.17. The molecule has 0 spiro atoms. The molecule has 0 aliphatic rings. The van der Waals surface area contributed by atoms with E-state index in [1.807, 2.05) is 0 Å². The van der Waals surface area contributed by atoms with Gasteiger partial charge in [-0.25, -0.2) is 0 Å². The third-order valence-electron chi connectivity index (χ3n) is 11.2. The minimum Gasteiger partial charge on any atom is -0.462 e. The summed E-state index contributed by atoms with van der Waals surface area (Å²) in [6, 6.07) is 0. The van der Waals surface area contributed by atoms with Crippen LogP contribution in [0.3, 0.4) is 0 Å². The highest BCUT2D eigenvalue weighted by Gasteiger charge is 2.19. The van der Waals surface area contributed by atoms with Gasteiger partial charge in [-0.05, 0) is 89.9 Å². The van der Waals surface area contributed by atoms with Crippen molar-refractivity contribution in [2.75, 3.05) is 13.2 Å². The molecule has 0 unspecified atom stereocenters. The van der Waals surface area contributed by atoms with Gasteiger partial charge in [0, 0.05) is 19.3 Å². The number of hydrogen-bond donors (Lipinski definition) is 0. The summed E-state index contributed by atoms with van der Waals surface area (Å²) in [4.78, 5) is 38.0. The Hall–Kier alpha value is -3.15. The Kier molecular flexibility index (Phi) is 48.9. The molecular formula is C57H98O6. The molecule has 0 saturated carbocycles. The van der Waals surface area contributed by atoms with E-state index in [4.69, 9.17) is 14.2 Å². The number of rotatable bonds is 47. The molecule has 6 heteroatoms. The second-order valence-electron chi connectivity index (χ2n) is 17.4. The van der Waals surface area contributed by atoms with Crippen molar-refractivity contribution in [3.05, 3.63) is 72.9 Å². The second kappa shape index (κ2) is 51.5. The van der Waals surface area contributed by atoms with Gasteiger partial charge in [-0.2, -0.15) is 0 Å². The first-order valence-electron chi connectivity index (χ1n) is 26.4. The van der Waals surface area contributed by atoms with Crippen LogP contribution in [0.5, 0.6) is 0 Å². The summed E-state index contributed by atoms with van der Waals surface area (Å²) < 4.78 is 16.8. The van der Waals surface area contributed by atoms with Crippen molar-refractivity contribution in [2.45, 2.75) is 258 Å². The summed E-state index contributed by atoms with van der Waals surface area (Å²) in [6.45, 7) is 6.53. The molecule has 0 aromatic carbocycles. The molecule has 0 saturated heterocycles. The zero-order chi connectivity index (χ0) is 45.8. The third kappa shape index (κ3) is 49.7. The van der Waals surface area contributed by atoms with Crippen LogP contribution in [0.15, 0.2) is 72.9 Å². The maximum Gasteiger partial charge on any atom is 0.306 e. The molecule has 63 heavy (non-hydrogen) atoms. The third-order valence-corrected chi connectivity index (χ3v) is 11.2. The first-order valence-corrected chi connectivity index (χ1v) is 26.4. The summed E-state index contributed by atoms with van der Waals surface area (Å²) >= 11 is 0. The Balaban J connectivity index is 4.49. The molecule has 0 aromatic rings. The monoisotopic (exact) mass is 879 g/mol. The van der Waals surface area contributed by atoms with Crippen LogP contribution in [0.2, 0.25) is 0 Å². The maximum absolute atomic E-state index is 12.8. The number of allylic oxidation sites excluding steroid dienone is 12. The summed E-state index contributed by atoms with van der Waals surface area (Å²) in [5.41, 5.74) is 0. The lowest BCUT2D eigenvalue weighted by Crippen LogP contribution is -2.30. The Labute approximate surface area is 389 Å². The predicted octanol–water partition coefficient (Wildman–Crippen LogP) is 17.4. The molecule has 0 radical (unpaired) electrons. The normalized spacial score (nSPS) is 12.6. The minimum absolute atomic E-state index is 0.0965. The van der Waals surface area contributed by atoms with Gasteiger partial charge in [0.25, 0.3) is 0 Å². The van der Waals surface area contributed by atoms with Crippen LogP contribution in [0, 0.1) is 0 Å². The topological polar surface area (TPSA) is 78.9 Å². The maximum atomic E-state index is 12.8. The van der Waals surface area contributed by atoms with Gasteiger partial charge in [0.05, 0.1) is 0 Å². The molecule has 0 N–H and O–H groups in total. The van der Waals surface area contributed by atoms with E-state index in [2.05, 4.69) is 93.7 Å². The fourth-order valence-electron chi connectivity index (χ4n) is 7.17. The van der Waals surface area contributed by atoms with Crippen LogP contribution >= 0.6 is 0 Å². The molecule has 362 valence electrons. The van der Waals surface area contributed by atoms with E-state index in [-0.39, 0.29) is 37.5 Å². The predicted molar refractivity (Wildman–Crippen MR) is 270 cm³/mol. The van der Waals surface area contributed by atoms with E-state index < -0.39 is 6.10 Å². The van der Waals surface area contributed by atoms with E-state index >= 15 is 0 Å². The highest BCUT2D eigenvalue weighted by atomic mass is 16.6. The molecule has 0 aliphatic heterocycles. The van der Waals surface area contributed by atoms with Crippen LogP contribution in [-0.2, 0) is 28.6 Å². The van der Waals surface area contributed by atoms with Crippen molar-refractivity contribution < 1.29 is 28.6 Å². The number of hydrogen-bond acceptors (Lipinski definition) is 6. The summed E-state index contributed by atoms with van der Waals surface area (Å²) in [5, 5.41) is 0. The number of esters is 3. The van der Waals surface area contributed by atoms with Gasteiger partial charge >= 0.3 is 17.9 Å². The fraction of sp³-hybridized carbons (Fsp3) is 0.737. The highest BCUT2D eigenvalue weighted by Crippen LogP contribution is 2.14. The first-order chi connectivity index (χ1) is 31.0. The molecule has 6 nitrogen and oxygen atoms in total. The van der Waals surface area contributed by atoms with Gasteiger partial charge in [0.15, 0.2) is 6.10 Å². The van der Waals surface area contributed by atoms with Crippen molar-refractivity contribution in [1.82, 2.24) is 0 Å². The molecule has 0 rings (SSSR count). The van der Waals surface area contributed by atoms with Gasteiger partial charge in [-0.1, -0.05) is 216 Å².